The van der Waals surface area contributed by atoms with E-state index in [1.807, 2.05) is 6.26 Å². The van der Waals surface area contributed by atoms with Crippen molar-refractivity contribution in [3.8, 4) is 0 Å². The van der Waals surface area contributed by atoms with Crippen LogP contribution >= 0.6 is 11.8 Å². The van der Waals surface area contributed by atoms with Crippen LogP contribution in [-0.2, 0) is 25.6 Å². The standard InChI is InChI=1S/C20H30N4O6S/c1-12(25)17(24-18(27)14(21)8-9-31-2)19(28)22-11-16(26)23-15(20(29)30)10-13-6-4-3-5-7-13/h3-7,12,14-15,17,25H,8-11,21H2,1-2H3,(H,22,28)(H,23,26)(H,24,27)(H,29,30). The molecule has 1 rings (SSSR count). The lowest BCUT2D eigenvalue weighted by atomic mass is 10.1. The van der Waals surface area contributed by atoms with Crippen LogP contribution in [-0.4, -0.2) is 76.7 Å². The molecular weight excluding hydrogens is 424 g/mol. The number of hydrogen-bond donors (Lipinski definition) is 6. The molecule has 1 aromatic carbocycles. The minimum Gasteiger partial charge on any atom is -0.480 e. The molecule has 0 saturated heterocycles. The summed E-state index contributed by atoms with van der Waals surface area (Å²) in [6.07, 6.45) is 1.12. The van der Waals surface area contributed by atoms with E-state index in [0.717, 1.165) is 5.56 Å². The summed E-state index contributed by atoms with van der Waals surface area (Å²) < 4.78 is 0. The molecule has 4 unspecified atom stereocenters. The van der Waals surface area contributed by atoms with Gasteiger partial charge in [0.15, 0.2) is 0 Å². The maximum Gasteiger partial charge on any atom is 0.326 e. The molecule has 0 saturated carbocycles. The Morgan fingerprint density at radius 3 is 2.29 bits per heavy atom. The summed E-state index contributed by atoms with van der Waals surface area (Å²) in [6.45, 7) is 0.799. The van der Waals surface area contributed by atoms with Gasteiger partial charge in [-0.2, -0.15) is 11.8 Å². The second-order valence-corrected chi connectivity index (χ2v) is 7.97. The number of aliphatic carboxylic acids is 1. The Labute approximate surface area is 185 Å². The van der Waals surface area contributed by atoms with Crippen LogP contribution in [0.1, 0.15) is 18.9 Å². The lowest BCUT2D eigenvalue weighted by molar-refractivity contribution is -0.141. The van der Waals surface area contributed by atoms with Crippen molar-refractivity contribution in [2.24, 2.45) is 5.73 Å². The maximum atomic E-state index is 12.3. The zero-order valence-corrected chi connectivity index (χ0v) is 18.4. The van der Waals surface area contributed by atoms with Gasteiger partial charge < -0.3 is 31.9 Å². The highest BCUT2D eigenvalue weighted by Crippen LogP contribution is 2.04. The van der Waals surface area contributed by atoms with E-state index in [2.05, 4.69) is 16.0 Å². The first kappa shape index (κ1) is 26.4. The molecule has 11 heteroatoms. The number of carbonyl (C=O) groups is 4. The number of thioether (sulfide) groups is 1. The zero-order valence-electron chi connectivity index (χ0n) is 17.5. The summed E-state index contributed by atoms with van der Waals surface area (Å²) >= 11 is 1.52. The van der Waals surface area contributed by atoms with Crippen molar-refractivity contribution < 1.29 is 29.4 Å². The van der Waals surface area contributed by atoms with Gasteiger partial charge in [-0.05, 0) is 30.9 Å². The van der Waals surface area contributed by atoms with Crippen LogP contribution in [0.25, 0.3) is 0 Å². The largest absolute Gasteiger partial charge is 0.480 e. The molecule has 0 aliphatic rings. The molecule has 7 N–H and O–H groups in total. The number of aliphatic hydroxyl groups excluding tert-OH is 1. The highest BCUT2D eigenvalue weighted by atomic mass is 32.2. The van der Waals surface area contributed by atoms with Crippen LogP contribution in [0.2, 0.25) is 0 Å². The van der Waals surface area contributed by atoms with E-state index in [-0.39, 0.29) is 6.42 Å². The molecule has 0 bridgehead atoms. The van der Waals surface area contributed by atoms with Crippen LogP contribution < -0.4 is 21.7 Å². The summed E-state index contributed by atoms with van der Waals surface area (Å²) in [7, 11) is 0. The molecule has 0 radical (unpaired) electrons. The fourth-order valence-electron chi connectivity index (χ4n) is 2.61. The van der Waals surface area contributed by atoms with Gasteiger partial charge in [-0.15, -0.1) is 0 Å². The number of hydrogen-bond acceptors (Lipinski definition) is 7. The fraction of sp³-hybridized carbons (Fsp3) is 0.500. The number of carbonyl (C=O) groups excluding carboxylic acids is 3. The number of nitrogens with two attached hydrogens (primary N) is 1. The third kappa shape index (κ3) is 9.81. The van der Waals surface area contributed by atoms with E-state index in [1.165, 1.54) is 18.7 Å². The first-order valence-electron chi connectivity index (χ1n) is 9.72. The highest BCUT2D eigenvalue weighted by Gasteiger charge is 2.28. The van der Waals surface area contributed by atoms with E-state index in [9.17, 15) is 29.4 Å². The fourth-order valence-corrected chi connectivity index (χ4v) is 3.10. The monoisotopic (exact) mass is 454 g/mol. The van der Waals surface area contributed by atoms with Crippen molar-refractivity contribution in [2.75, 3.05) is 18.6 Å². The van der Waals surface area contributed by atoms with E-state index >= 15 is 0 Å². The van der Waals surface area contributed by atoms with Gasteiger partial charge in [-0.25, -0.2) is 4.79 Å². The second kappa shape index (κ2) is 13.6. The summed E-state index contributed by atoms with van der Waals surface area (Å²) in [5.74, 6) is -2.65. The number of carboxylic acid groups (broad SMARTS) is 1. The van der Waals surface area contributed by atoms with E-state index in [1.54, 1.807) is 30.3 Å². The van der Waals surface area contributed by atoms with E-state index < -0.39 is 54.5 Å². The summed E-state index contributed by atoms with van der Waals surface area (Å²) in [5, 5.41) is 26.2. The second-order valence-electron chi connectivity index (χ2n) is 6.98. The average molecular weight is 455 g/mol. The molecule has 10 nitrogen and oxygen atoms in total. The Morgan fingerprint density at radius 2 is 1.74 bits per heavy atom. The summed E-state index contributed by atoms with van der Waals surface area (Å²) in [4.78, 5) is 48.0. The molecule has 1 aromatic rings. The van der Waals surface area contributed by atoms with Crippen molar-refractivity contribution in [1.82, 2.24) is 16.0 Å². The topological polar surface area (TPSA) is 171 Å². The number of nitrogens with one attached hydrogen (secondary N) is 3. The SMILES string of the molecule is CSCCC(N)C(=O)NC(C(=O)NCC(=O)NC(Cc1ccccc1)C(=O)O)C(C)O. The Morgan fingerprint density at radius 1 is 1.10 bits per heavy atom. The first-order chi connectivity index (χ1) is 14.6. The van der Waals surface area contributed by atoms with Crippen LogP contribution in [0, 0.1) is 0 Å². The minimum absolute atomic E-state index is 0.0795. The number of benzene rings is 1. The van der Waals surface area contributed by atoms with E-state index in [4.69, 9.17) is 5.73 Å². The van der Waals surface area contributed by atoms with Gasteiger partial charge in [0.05, 0.1) is 18.7 Å². The predicted octanol–water partition coefficient (Wildman–Crippen LogP) is -1.14. The first-order valence-corrected chi connectivity index (χ1v) is 11.1. The predicted molar refractivity (Wildman–Crippen MR) is 117 cm³/mol. The van der Waals surface area contributed by atoms with Crippen molar-refractivity contribution in [2.45, 2.75) is 44.0 Å². The average Bonchev–Trinajstić information content (AvgIpc) is 2.73. The molecule has 3 amide bonds. The van der Waals surface area contributed by atoms with Gasteiger partial charge >= 0.3 is 5.97 Å². The number of rotatable bonds is 13. The Hall–Kier alpha value is -2.63. The van der Waals surface area contributed by atoms with Gasteiger partial charge in [0.2, 0.25) is 17.7 Å². The van der Waals surface area contributed by atoms with Gasteiger partial charge in [0, 0.05) is 6.42 Å². The van der Waals surface area contributed by atoms with Gasteiger partial charge in [0.1, 0.15) is 12.1 Å². The zero-order chi connectivity index (χ0) is 23.4. The number of amides is 3. The molecular formula is C20H30N4O6S. The molecule has 31 heavy (non-hydrogen) atoms. The molecule has 0 aromatic heterocycles. The Bertz CT molecular complexity index is 746. The molecule has 172 valence electrons. The smallest absolute Gasteiger partial charge is 0.326 e. The van der Waals surface area contributed by atoms with Crippen LogP contribution in [0.3, 0.4) is 0 Å². The molecule has 0 heterocycles. The van der Waals surface area contributed by atoms with E-state index in [0.29, 0.717) is 12.2 Å². The van der Waals surface area contributed by atoms with Crippen LogP contribution in [0.15, 0.2) is 30.3 Å². The molecule has 4 atom stereocenters. The van der Waals surface area contributed by atoms with Gasteiger partial charge in [0.25, 0.3) is 0 Å². The van der Waals surface area contributed by atoms with Crippen LogP contribution in [0.5, 0.6) is 0 Å². The van der Waals surface area contributed by atoms with Crippen molar-refractivity contribution in [3.05, 3.63) is 35.9 Å². The number of carboxylic acids is 1. The Balaban J connectivity index is 2.60. The molecule has 0 spiro atoms. The highest BCUT2D eigenvalue weighted by molar-refractivity contribution is 7.98. The molecule has 0 aliphatic heterocycles. The summed E-state index contributed by atoms with van der Waals surface area (Å²) in [5.41, 5.74) is 6.49. The molecule has 0 fully saturated rings. The quantitative estimate of drug-likeness (QED) is 0.217. The maximum absolute atomic E-state index is 12.3. The van der Waals surface area contributed by atoms with Crippen molar-refractivity contribution >= 4 is 35.5 Å². The number of aliphatic hydroxyl groups is 1. The van der Waals surface area contributed by atoms with Crippen molar-refractivity contribution in [3.63, 3.8) is 0 Å². The lowest BCUT2D eigenvalue weighted by Gasteiger charge is -2.23. The summed E-state index contributed by atoms with van der Waals surface area (Å²) in [6, 6.07) is 5.47. The van der Waals surface area contributed by atoms with Gasteiger partial charge in [-0.1, -0.05) is 30.3 Å². The lowest BCUT2D eigenvalue weighted by Crippen LogP contribution is -2.57. The third-order valence-electron chi connectivity index (χ3n) is 4.37. The third-order valence-corrected chi connectivity index (χ3v) is 5.02. The Kier molecular flexibility index (Phi) is 11.6. The minimum atomic E-state index is -1.31. The molecule has 0 aliphatic carbocycles. The van der Waals surface area contributed by atoms with Crippen LogP contribution in [0.4, 0.5) is 0 Å². The van der Waals surface area contributed by atoms with Crippen molar-refractivity contribution in [1.29, 1.82) is 0 Å². The normalized spacial score (nSPS) is 14.6. The van der Waals surface area contributed by atoms with Gasteiger partial charge in [-0.3, -0.25) is 14.4 Å².